The smallest absolute Gasteiger partial charge is 0.367 e. The van der Waals surface area contributed by atoms with Crippen molar-refractivity contribution in [3.63, 3.8) is 0 Å². The van der Waals surface area contributed by atoms with E-state index in [1.807, 2.05) is 27.1 Å². The van der Waals surface area contributed by atoms with Crippen molar-refractivity contribution in [3.8, 4) is 5.75 Å². The van der Waals surface area contributed by atoms with Crippen molar-refractivity contribution < 1.29 is 14.0 Å². The van der Waals surface area contributed by atoms with Crippen LogP contribution in [-0.2, 0) is 4.79 Å². The number of nitrogens with zero attached hydrogens (tertiary/aromatic N) is 2. The fourth-order valence-electron chi connectivity index (χ4n) is 2.26. The third kappa shape index (κ3) is 6.16. The van der Waals surface area contributed by atoms with Crippen molar-refractivity contribution in [2.24, 2.45) is 0 Å². The van der Waals surface area contributed by atoms with Crippen LogP contribution >= 0.6 is 0 Å². The zero-order valence-corrected chi connectivity index (χ0v) is 15.1. The van der Waals surface area contributed by atoms with Gasteiger partial charge in [-0.25, -0.2) is 4.79 Å². The lowest BCUT2D eigenvalue weighted by molar-refractivity contribution is -0.882. The Morgan fingerprint density at radius 3 is 2.45 bits per heavy atom. The van der Waals surface area contributed by atoms with E-state index in [-0.39, 0.29) is 5.97 Å². The summed E-state index contributed by atoms with van der Waals surface area (Å²) in [4.78, 5) is 14.4. The van der Waals surface area contributed by atoms with Crippen LogP contribution in [0.1, 0.15) is 30.9 Å². The summed E-state index contributed by atoms with van der Waals surface area (Å²) in [6, 6.07) is 6.06. The van der Waals surface area contributed by atoms with Gasteiger partial charge in [0.05, 0.1) is 20.6 Å². The van der Waals surface area contributed by atoms with Crippen LogP contribution in [0.2, 0.25) is 0 Å². The molecule has 0 heterocycles. The first-order valence-electron chi connectivity index (χ1n) is 7.88. The third-order valence-corrected chi connectivity index (χ3v) is 3.72. The minimum atomic E-state index is -0.170. The van der Waals surface area contributed by atoms with Gasteiger partial charge in [0.15, 0.2) is 6.54 Å². The van der Waals surface area contributed by atoms with Gasteiger partial charge < -0.3 is 14.1 Å². The Bertz CT molecular complexity index is 508. The zero-order valence-electron chi connectivity index (χ0n) is 15.1. The van der Waals surface area contributed by atoms with Gasteiger partial charge in [-0.15, -0.1) is 0 Å². The molecule has 0 aliphatic rings. The molecule has 0 unspecified atom stereocenters. The number of rotatable bonds is 7. The molecule has 0 saturated carbocycles. The molecule has 0 aromatic heterocycles. The largest absolute Gasteiger partial charge is 0.422 e. The fraction of sp³-hybridized carbons (Fsp3) is 0.611. The second-order valence-corrected chi connectivity index (χ2v) is 7.29. The van der Waals surface area contributed by atoms with Gasteiger partial charge in [0.1, 0.15) is 5.75 Å². The summed E-state index contributed by atoms with van der Waals surface area (Å²) >= 11 is 0. The highest BCUT2D eigenvalue weighted by molar-refractivity contribution is 5.74. The van der Waals surface area contributed by atoms with E-state index in [1.54, 1.807) is 0 Å². The maximum absolute atomic E-state index is 12.3. The van der Waals surface area contributed by atoms with Crippen LogP contribution in [0.15, 0.2) is 18.2 Å². The number of hydrogen-bond donors (Lipinski definition) is 0. The molecule has 0 atom stereocenters. The summed E-state index contributed by atoms with van der Waals surface area (Å²) in [5.74, 6) is 0.864. The normalized spacial score (nSPS) is 12.0. The highest BCUT2D eigenvalue weighted by atomic mass is 16.5. The Morgan fingerprint density at radius 2 is 1.91 bits per heavy atom. The second-order valence-electron chi connectivity index (χ2n) is 7.29. The average Bonchev–Trinajstić information content (AvgIpc) is 2.35. The Labute approximate surface area is 135 Å². The molecule has 0 bridgehead atoms. The maximum Gasteiger partial charge on any atom is 0.367 e. The van der Waals surface area contributed by atoms with E-state index in [0.717, 1.165) is 24.2 Å². The first kappa shape index (κ1) is 18.7. The molecular formula is C18H31N2O2+. The van der Waals surface area contributed by atoms with Gasteiger partial charge in [-0.3, -0.25) is 0 Å². The SMILES string of the molecule is Cc1ccc(C(C)C)c(OC(=O)C[N+](C)(C)CCN(C)C)c1. The predicted octanol–water partition coefficient (Wildman–Crippen LogP) is 2.66. The van der Waals surface area contributed by atoms with Crippen molar-refractivity contribution in [2.45, 2.75) is 26.7 Å². The van der Waals surface area contributed by atoms with Gasteiger partial charge >= 0.3 is 5.97 Å². The monoisotopic (exact) mass is 307 g/mol. The molecule has 0 spiro atoms. The summed E-state index contributed by atoms with van der Waals surface area (Å²) in [6.45, 7) is 8.46. The molecule has 0 radical (unpaired) electrons. The Morgan fingerprint density at radius 1 is 1.27 bits per heavy atom. The Balaban J connectivity index is 2.74. The Hall–Kier alpha value is -1.39. The van der Waals surface area contributed by atoms with Crippen LogP contribution in [0.3, 0.4) is 0 Å². The lowest BCUT2D eigenvalue weighted by Gasteiger charge is -2.29. The highest BCUT2D eigenvalue weighted by Crippen LogP contribution is 2.27. The molecule has 0 N–H and O–H groups in total. The number of ether oxygens (including phenoxy) is 1. The molecule has 0 saturated heterocycles. The number of benzene rings is 1. The molecule has 0 aliphatic carbocycles. The molecule has 0 amide bonds. The molecule has 1 aromatic rings. The van der Waals surface area contributed by atoms with Crippen molar-refractivity contribution in [1.29, 1.82) is 0 Å². The number of quaternary nitrogens is 1. The molecular weight excluding hydrogens is 276 g/mol. The summed E-state index contributed by atoms with van der Waals surface area (Å²) in [5, 5.41) is 0. The summed E-state index contributed by atoms with van der Waals surface area (Å²) in [5.41, 5.74) is 2.19. The van der Waals surface area contributed by atoms with Gasteiger partial charge in [0.25, 0.3) is 0 Å². The zero-order chi connectivity index (χ0) is 16.9. The van der Waals surface area contributed by atoms with Gasteiger partial charge in [-0.05, 0) is 44.1 Å². The van der Waals surface area contributed by atoms with E-state index in [1.165, 1.54) is 0 Å². The van der Waals surface area contributed by atoms with E-state index in [9.17, 15) is 4.79 Å². The molecule has 4 nitrogen and oxygen atoms in total. The fourth-order valence-corrected chi connectivity index (χ4v) is 2.26. The minimum Gasteiger partial charge on any atom is -0.422 e. The summed E-state index contributed by atoms with van der Waals surface area (Å²) in [7, 11) is 8.20. The van der Waals surface area contributed by atoms with E-state index in [2.05, 4.69) is 45.0 Å². The van der Waals surface area contributed by atoms with Crippen molar-refractivity contribution in [3.05, 3.63) is 29.3 Å². The average molecular weight is 307 g/mol. The van der Waals surface area contributed by atoms with Crippen LogP contribution < -0.4 is 4.74 Å². The number of carbonyl (C=O) groups excluding carboxylic acids is 1. The lowest BCUT2D eigenvalue weighted by atomic mass is 10.0. The number of hydrogen-bond acceptors (Lipinski definition) is 3. The third-order valence-electron chi connectivity index (χ3n) is 3.72. The number of aryl methyl sites for hydroxylation is 1. The van der Waals surface area contributed by atoms with Crippen LogP contribution in [0, 0.1) is 6.92 Å². The second kappa shape index (κ2) is 7.75. The minimum absolute atomic E-state index is 0.170. The van der Waals surface area contributed by atoms with Crippen LogP contribution in [0.4, 0.5) is 0 Å². The van der Waals surface area contributed by atoms with Gasteiger partial charge in [-0.2, -0.15) is 0 Å². The standard InChI is InChI=1S/C18H31N2O2/c1-14(2)16-9-8-15(3)12-17(16)22-18(21)13-20(6,7)11-10-19(4)5/h8-9,12,14H,10-11,13H2,1-7H3/q+1. The number of esters is 1. The Kier molecular flexibility index (Phi) is 6.57. The summed E-state index contributed by atoms with van der Waals surface area (Å²) < 4.78 is 6.29. The molecule has 22 heavy (non-hydrogen) atoms. The molecule has 4 heteroatoms. The topological polar surface area (TPSA) is 29.5 Å². The van der Waals surface area contributed by atoms with E-state index in [0.29, 0.717) is 22.7 Å². The van der Waals surface area contributed by atoms with E-state index in [4.69, 9.17) is 4.74 Å². The van der Waals surface area contributed by atoms with Crippen LogP contribution in [0.25, 0.3) is 0 Å². The highest BCUT2D eigenvalue weighted by Gasteiger charge is 2.22. The van der Waals surface area contributed by atoms with E-state index < -0.39 is 0 Å². The van der Waals surface area contributed by atoms with Crippen molar-refractivity contribution in [2.75, 3.05) is 47.8 Å². The van der Waals surface area contributed by atoms with Crippen LogP contribution in [0.5, 0.6) is 5.75 Å². The van der Waals surface area contributed by atoms with Gasteiger partial charge in [0, 0.05) is 6.54 Å². The lowest BCUT2D eigenvalue weighted by Crippen LogP contribution is -2.48. The summed E-state index contributed by atoms with van der Waals surface area (Å²) in [6.07, 6.45) is 0. The molecule has 1 rings (SSSR count). The number of carbonyl (C=O) groups is 1. The first-order valence-corrected chi connectivity index (χ1v) is 7.88. The van der Waals surface area contributed by atoms with Crippen molar-refractivity contribution >= 4 is 5.97 Å². The van der Waals surface area contributed by atoms with Crippen molar-refractivity contribution in [1.82, 2.24) is 4.90 Å². The van der Waals surface area contributed by atoms with Crippen LogP contribution in [-0.4, -0.2) is 63.2 Å². The predicted molar refractivity (Wildman–Crippen MR) is 91.3 cm³/mol. The molecule has 124 valence electrons. The first-order chi connectivity index (χ1) is 10.1. The maximum atomic E-state index is 12.3. The van der Waals surface area contributed by atoms with E-state index >= 15 is 0 Å². The van der Waals surface area contributed by atoms with Gasteiger partial charge in [-0.1, -0.05) is 26.0 Å². The number of likely N-dealkylation sites (N-methyl/N-ethyl adjacent to an activating group) is 2. The molecule has 1 aromatic carbocycles. The quantitative estimate of drug-likeness (QED) is 0.441. The molecule has 0 aliphatic heterocycles. The molecule has 0 fully saturated rings. The van der Waals surface area contributed by atoms with Gasteiger partial charge in [0.2, 0.25) is 0 Å².